The van der Waals surface area contributed by atoms with Gasteiger partial charge in [-0.3, -0.25) is 0 Å². The molecule has 2 atom stereocenters. The van der Waals surface area contributed by atoms with Crippen LogP contribution in [0.5, 0.6) is 0 Å². The zero-order valence-electron chi connectivity index (χ0n) is 13.0. The number of amides is 1. The minimum absolute atomic E-state index is 0.457. The molecule has 2 unspecified atom stereocenters. The molecule has 120 valence electrons. The maximum atomic E-state index is 12.7. The molecule has 0 bridgehead atoms. The van der Waals surface area contributed by atoms with Gasteiger partial charge in [0.15, 0.2) is 11.4 Å². The summed E-state index contributed by atoms with van der Waals surface area (Å²) >= 11 is 0. The molecule has 0 aromatic heterocycles. The van der Waals surface area contributed by atoms with Crippen LogP contribution >= 0.6 is 0 Å². The van der Waals surface area contributed by atoms with Crippen molar-refractivity contribution in [3.63, 3.8) is 0 Å². The SMILES string of the molecule is CCC1(c2ccccc2)OS(=O)(=NC(=O)OC)N=C1N(C)C. The van der Waals surface area contributed by atoms with Crippen molar-refractivity contribution in [1.82, 2.24) is 4.90 Å². The first kappa shape index (κ1) is 16.4. The highest BCUT2D eigenvalue weighted by Crippen LogP contribution is 2.39. The zero-order valence-corrected chi connectivity index (χ0v) is 13.8. The third kappa shape index (κ3) is 2.84. The molecule has 0 spiro atoms. The molecule has 1 aromatic carbocycles. The quantitative estimate of drug-likeness (QED) is 0.834. The number of hydrogen-bond donors (Lipinski definition) is 0. The topological polar surface area (TPSA) is 80.6 Å². The molecule has 1 aliphatic heterocycles. The van der Waals surface area contributed by atoms with Crippen molar-refractivity contribution in [2.45, 2.75) is 18.9 Å². The molecular formula is C14H19N3O4S. The van der Waals surface area contributed by atoms with Crippen LogP contribution < -0.4 is 0 Å². The lowest BCUT2D eigenvalue weighted by Crippen LogP contribution is -2.42. The Bertz CT molecular complexity index is 708. The van der Waals surface area contributed by atoms with E-state index >= 15 is 0 Å². The van der Waals surface area contributed by atoms with Crippen molar-refractivity contribution in [2.24, 2.45) is 8.76 Å². The Morgan fingerprint density at radius 2 is 2.05 bits per heavy atom. The van der Waals surface area contributed by atoms with E-state index in [-0.39, 0.29) is 0 Å². The number of carbonyl (C=O) groups excluding carboxylic acids is 1. The van der Waals surface area contributed by atoms with Crippen LogP contribution in [0.3, 0.4) is 0 Å². The van der Waals surface area contributed by atoms with Gasteiger partial charge in [-0.2, -0.15) is 4.21 Å². The number of amidine groups is 1. The highest BCUT2D eigenvalue weighted by Gasteiger charge is 2.48. The Kier molecular flexibility index (Phi) is 4.52. The van der Waals surface area contributed by atoms with Gasteiger partial charge in [-0.25, -0.2) is 8.98 Å². The number of rotatable bonds is 2. The minimum Gasteiger partial charge on any atom is -0.451 e. The monoisotopic (exact) mass is 325 g/mol. The van der Waals surface area contributed by atoms with Gasteiger partial charge in [-0.15, -0.1) is 4.40 Å². The first-order valence-corrected chi connectivity index (χ1v) is 8.15. The minimum atomic E-state index is -3.53. The van der Waals surface area contributed by atoms with Crippen LogP contribution in [0.1, 0.15) is 18.9 Å². The van der Waals surface area contributed by atoms with E-state index in [9.17, 15) is 9.00 Å². The van der Waals surface area contributed by atoms with Gasteiger partial charge in [-0.1, -0.05) is 41.6 Å². The Morgan fingerprint density at radius 1 is 1.41 bits per heavy atom. The summed E-state index contributed by atoms with van der Waals surface area (Å²) in [4.78, 5) is 13.1. The van der Waals surface area contributed by atoms with E-state index in [4.69, 9.17) is 4.18 Å². The van der Waals surface area contributed by atoms with Crippen LogP contribution in [0.2, 0.25) is 0 Å². The highest BCUT2D eigenvalue weighted by molar-refractivity contribution is 7.88. The van der Waals surface area contributed by atoms with E-state index < -0.39 is 21.9 Å². The molecule has 1 aliphatic rings. The third-order valence-corrected chi connectivity index (χ3v) is 4.63. The van der Waals surface area contributed by atoms with Gasteiger partial charge in [0, 0.05) is 14.1 Å². The summed E-state index contributed by atoms with van der Waals surface area (Å²) in [5.41, 5.74) is -0.213. The van der Waals surface area contributed by atoms with Crippen LogP contribution in [0.15, 0.2) is 39.1 Å². The molecule has 0 aliphatic carbocycles. The second kappa shape index (κ2) is 6.05. The maximum absolute atomic E-state index is 12.7. The van der Waals surface area contributed by atoms with Crippen molar-refractivity contribution in [3.8, 4) is 0 Å². The summed E-state index contributed by atoms with van der Waals surface area (Å²) in [5.74, 6) is 0.457. The molecule has 0 fully saturated rings. The van der Waals surface area contributed by atoms with E-state index in [0.717, 1.165) is 12.7 Å². The summed E-state index contributed by atoms with van der Waals surface area (Å²) in [5, 5.41) is 0. The van der Waals surface area contributed by atoms with E-state index in [1.54, 1.807) is 19.0 Å². The molecule has 1 heterocycles. The predicted molar refractivity (Wildman–Crippen MR) is 83.6 cm³/mol. The van der Waals surface area contributed by atoms with Gasteiger partial charge in [0.25, 0.3) is 10.2 Å². The third-order valence-electron chi connectivity index (χ3n) is 3.34. The smallest absolute Gasteiger partial charge is 0.444 e. The number of likely N-dealkylation sites (N-methyl/N-ethyl adjacent to an activating group) is 1. The van der Waals surface area contributed by atoms with Gasteiger partial charge >= 0.3 is 6.09 Å². The second-order valence-corrected chi connectivity index (χ2v) is 6.38. The normalized spacial score (nSPS) is 27.2. The predicted octanol–water partition coefficient (Wildman–Crippen LogP) is 2.35. The summed E-state index contributed by atoms with van der Waals surface area (Å²) in [6.07, 6.45) is -0.492. The van der Waals surface area contributed by atoms with Crippen LogP contribution in [0.4, 0.5) is 4.79 Å². The lowest BCUT2D eigenvalue weighted by Gasteiger charge is -2.31. The first-order valence-electron chi connectivity index (χ1n) is 6.76. The van der Waals surface area contributed by atoms with Crippen molar-refractivity contribution in [1.29, 1.82) is 0 Å². The Balaban J connectivity index is 2.63. The van der Waals surface area contributed by atoms with Crippen LogP contribution in [-0.4, -0.2) is 42.2 Å². The average Bonchev–Trinajstić information content (AvgIpc) is 2.82. The molecule has 1 aromatic rings. The number of hydrogen-bond acceptors (Lipinski definition) is 5. The van der Waals surface area contributed by atoms with E-state index in [1.165, 1.54) is 0 Å². The molecule has 1 amide bonds. The lowest BCUT2D eigenvalue weighted by molar-refractivity contribution is 0.151. The number of carbonyl (C=O) groups is 1. The van der Waals surface area contributed by atoms with Crippen molar-refractivity contribution >= 4 is 22.1 Å². The summed E-state index contributed by atoms with van der Waals surface area (Å²) in [6.45, 7) is 1.90. The molecule has 0 radical (unpaired) electrons. The van der Waals surface area contributed by atoms with Gasteiger partial charge in [-0.05, 0) is 12.0 Å². The fourth-order valence-electron chi connectivity index (χ4n) is 2.34. The average molecular weight is 325 g/mol. The molecule has 0 saturated heterocycles. The van der Waals surface area contributed by atoms with Crippen LogP contribution in [-0.2, 0) is 24.7 Å². The van der Waals surface area contributed by atoms with E-state index in [0.29, 0.717) is 12.3 Å². The molecule has 2 rings (SSSR count). The molecule has 22 heavy (non-hydrogen) atoms. The van der Waals surface area contributed by atoms with Crippen LogP contribution in [0.25, 0.3) is 0 Å². The number of ether oxygens (including phenoxy) is 1. The largest absolute Gasteiger partial charge is 0.451 e. The Morgan fingerprint density at radius 3 is 2.55 bits per heavy atom. The van der Waals surface area contributed by atoms with Gasteiger partial charge < -0.3 is 9.64 Å². The van der Waals surface area contributed by atoms with E-state index in [1.807, 2.05) is 37.3 Å². The Hall–Kier alpha value is -1.93. The van der Waals surface area contributed by atoms with E-state index in [2.05, 4.69) is 13.5 Å². The summed E-state index contributed by atoms with van der Waals surface area (Å²) < 4.78 is 30.4. The zero-order chi connectivity index (χ0) is 16.4. The standard InChI is InChI=1S/C14H19N3O4S/c1-5-14(11-9-7-6-8-10-11)12(17(2)3)15-22(19,21-14)16-13(18)20-4/h6-10H,5H2,1-4H3. The number of methoxy groups -OCH3 is 1. The van der Waals surface area contributed by atoms with Crippen molar-refractivity contribution < 1.29 is 17.9 Å². The first-order chi connectivity index (χ1) is 10.4. The van der Waals surface area contributed by atoms with Gasteiger partial charge in [0.2, 0.25) is 0 Å². The summed E-state index contributed by atoms with van der Waals surface area (Å²) in [6, 6.07) is 9.34. The number of benzene rings is 1. The highest BCUT2D eigenvalue weighted by atomic mass is 32.2. The van der Waals surface area contributed by atoms with Gasteiger partial charge in [0.05, 0.1) is 7.11 Å². The van der Waals surface area contributed by atoms with Crippen LogP contribution in [0, 0.1) is 0 Å². The molecule has 8 heteroatoms. The summed E-state index contributed by atoms with van der Waals surface area (Å²) in [7, 11) is 1.18. The maximum Gasteiger partial charge on any atom is 0.444 e. The molecule has 0 N–H and O–H groups in total. The lowest BCUT2D eigenvalue weighted by atomic mass is 9.89. The fraction of sp³-hybridized carbons (Fsp3) is 0.429. The van der Waals surface area contributed by atoms with Crippen molar-refractivity contribution in [3.05, 3.63) is 35.9 Å². The molecular weight excluding hydrogens is 306 g/mol. The number of nitrogens with zero attached hydrogens (tertiary/aromatic N) is 3. The Labute approximate surface area is 130 Å². The second-order valence-electron chi connectivity index (χ2n) is 4.95. The fourth-order valence-corrected chi connectivity index (χ4v) is 3.91. The molecule has 7 nitrogen and oxygen atoms in total. The molecule has 0 saturated carbocycles. The van der Waals surface area contributed by atoms with Gasteiger partial charge in [0.1, 0.15) is 0 Å². The van der Waals surface area contributed by atoms with Crippen molar-refractivity contribution in [2.75, 3.05) is 21.2 Å².